The highest BCUT2D eigenvalue weighted by atomic mass is 16.5. The molecule has 0 heterocycles. The van der Waals surface area contributed by atoms with Crippen LogP contribution >= 0.6 is 0 Å². The monoisotopic (exact) mass is 261 g/mol. The molecule has 0 aliphatic carbocycles. The fourth-order valence-corrected chi connectivity index (χ4v) is 1.85. The fourth-order valence-electron chi connectivity index (χ4n) is 1.85. The van der Waals surface area contributed by atoms with Crippen molar-refractivity contribution in [3.63, 3.8) is 0 Å². The quantitative estimate of drug-likeness (QED) is 0.747. The molecule has 106 valence electrons. The minimum atomic E-state index is 0.643. The van der Waals surface area contributed by atoms with Crippen molar-refractivity contribution in [3.8, 4) is 5.75 Å². The molecule has 0 aliphatic rings. The molecule has 19 heavy (non-hydrogen) atoms. The topological polar surface area (TPSA) is 21.3 Å². The van der Waals surface area contributed by atoms with Gasteiger partial charge in [-0.3, -0.25) is 0 Å². The first kappa shape index (κ1) is 15.8. The van der Waals surface area contributed by atoms with Crippen LogP contribution in [0, 0.1) is 12.8 Å². The second-order valence-electron chi connectivity index (χ2n) is 5.68. The summed E-state index contributed by atoms with van der Waals surface area (Å²) in [5.74, 6) is 1.69. The molecule has 0 spiro atoms. The van der Waals surface area contributed by atoms with Gasteiger partial charge in [0.05, 0.1) is 0 Å². The van der Waals surface area contributed by atoms with Crippen molar-refractivity contribution in [2.24, 2.45) is 5.92 Å². The number of nitrogens with one attached hydrogen (secondary N) is 1. The molecule has 0 fully saturated rings. The Kier molecular flexibility index (Phi) is 6.65. The molecule has 1 N–H and O–H groups in total. The van der Waals surface area contributed by atoms with Crippen LogP contribution in [0.15, 0.2) is 29.8 Å². The van der Waals surface area contributed by atoms with E-state index in [1.807, 2.05) is 0 Å². The van der Waals surface area contributed by atoms with Gasteiger partial charge in [0.2, 0.25) is 0 Å². The maximum absolute atomic E-state index is 5.92. The highest BCUT2D eigenvalue weighted by Gasteiger charge is 2.06. The SMILES string of the molecule is CC(C)=CCOc1c(C)cccc1CNCC(C)C. The van der Waals surface area contributed by atoms with Gasteiger partial charge in [0.15, 0.2) is 0 Å². The van der Waals surface area contributed by atoms with Crippen molar-refractivity contribution in [1.29, 1.82) is 0 Å². The second kappa shape index (κ2) is 8.00. The summed E-state index contributed by atoms with van der Waals surface area (Å²) in [4.78, 5) is 0. The highest BCUT2D eigenvalue weighted by molar-refractivity contribution is 5.40. The van der Waals surface area contributed by atoms with E-state index in [0.29, 0.717) is 12.5 Å². The standard InChI is InChI=1S/C17H27NO/c1-13(2)9-10-19-17-15(5)7-6-8-16(17)12-18-11-14(3)4/h6-9,14,18H,10-12H2,1-5H3. The Balaban J connectivity index is 2.69. The van der Waals surface area contributed by atoms with Crippen LogP contribution in [0.5, 0.6) is 5.75 Å². The Morgan fingerprint density at radius 1 is 1.32 bits per heavy atom. The third-order valence-corrected chi connectivity index (χ3v) is 2.88. The summed E-state index contributed by atoms with van der Waals surface area (Å²) in [5, 5.41) is 3.47. The first-order valence-corrected chi connectivity index (χ1v) is 7.06. The van der Waals surface area contributed by atoms with Gasteiger partial charge in [-0.1, -0.05) is 37.6 Å². The van der Waals surface area contributed by atoms with Gasteiger partial charge in [0.25, 0.3) is 0 Å². The molecule has 2 heteroatoms. The number of hydrogen-bond acceptors (Lipinski definition) is 2. The van der Waals surface area contributed by atoms with Crippen LogP contribution in [0.4, 0.5) is 0 Å². The van der Waals surface area contributed by atoms with Crippen molar-refractivity contribution in [3.05, 3.63) is 41.0 Å². The van der Waals surface area contributed by atoms with E-state index in [1.165, 1.54) is 16.7 Å². The summed E-state index contributed by atoms with van der Waals surface area (Å²) in [7, 11) is 0. The minimum Gasteiger partial charge on any atom is -0.489 e. The van der Waals surface area contributed by atoms with Crippen molar-refractivity contribution >= 4 is 0 Å². The van der Waals surface area contributed by atoms with Gasteiger partial charge < -0.3 is 10.1 Å². The maximum Gasteiger partial charge on any atom is 0.127 e. The largest absolute Gasteiger partial charge is 0.489 e. The third-order valence-electron chi connectivity index (χ3n) is 2.88. The molecule has 0 unspecified atom stereocenters. The molecule has 1 aromatic rings. The summed E-state index contributed by atoms with van der Waals surface area (Å²) < 4.78 is 5.92. The normalized spacial score (nSPS) is 10.6. The van der Waals surface area contributed by atoms with Crippen LogP contribution in [0.25, 0.3) is 0 Å². The summed E-state index contributed by atoms with van der Waals surface area (Å²) in [6.45, 7) is 13.3. The smallest absolute Gasteiger partial charge is 0.127 e. The number of rotatable bonds is 7. The Labute approximate surface area is 117 Å². The van der Waals surface area contributed by atoms with Gasteiger partial charge in [-0.25, -0.2) is 0 Å². The predicted molar refractivity (Wildman–Crippen MR) is 82.6 cm³/mol. The van der Waals surface area contributed by atoms with Gasteiger partial charge in [-0.2, -0.15) is 0 Å². The maximum atomic E-state index is 5.92. The van der Waals surface area contributed by atoms with Crippen LogP contribution < -0.4 is 10.1 Å². The average molecular weight is 261 g/mol. The van der Waals surface area contributed by atoms with E-state index in [2.05, 4.69) is 64.2 Å². The second-order valence-corrected chi connectivity index (χ2v) is 5.68. The first-order chi connectivity index (χ1) is 9.00. The zero-order valence-corrected chi connectivity index (χ0v) is 12.9. The summed E-state index contributed by atoms with van der Waals surface area (Å²) in [6.07, 6.45) is 2.11. The number of allylic oxidation sites excluding steroid dienone is 1. The van der Waals surface area contributed by atoms with E-state index >= 15 is 0 Å². The Morgan fingerprint density at radius 3 is 2.68 bits per heavy atom. The van der Waals surface area contributed by atoms with E-state index in [9.17, 15) is 0 Å². The van der Waals surface area contributed by atoms with E-state index < -0.39 is 0 Å². The number of para-hydroxylation sites is 1. The Hall–Kier alpha value is -1.28. The molecular formula is C17H27NO. The van der Waals surface area contributed by atoms with Crippen molar-refractivity contribution in [1.82, 2.24) is 5.32 Å². The zero-order valence-electron chi connectivity index (χ0n) is 12.9. The lowest BCUT2D eigenvalue weighted by Crippen LogP contribution is -2.19. The van der Waals surface area contributed by atoms with Crippen LogP contribution in [-0.2, 0) is 6.54 Å². The van der Waals surface area contributed by atoms with Crippen molar-refractivity contribution in [2.75, 3.05) is 13.2 Å². The molecule has 1 aromatic carbocycles. The molecule has 1 rings (SSSR count). The minimum absolute atomic E-state index is 0.643. The van der Waals surface area contributed by atoms with Crippen LogP contribution in [-0.4, -0.2) is 13.2 Å². The lowest BCUT2D eigenvalue weighted by atomic mass is 10.1. The third kappa shape index (κ3) is 5.93. The summed E-state index contributed by atoms with van der Waals surface area (Å²) >= 11 is 0. The molecule has 2 nitrogen and oxygen atoms in total. The van der Waals surface area contributed by atoms with E-state index in [1.54, 1.807) is 0 Å². The van der Waals surface area contributed by atoms with Crippen LogP contribution in [0.1, 0.15) is 38.8 Å². The van der Waals surface area contributed by atoms with Crippen molar-refractivity contribution < 1.29 is 4.74 Å². The van der Waals surface area contributed by atoms with Crippen molar-refractivity contribution in [2.45, 2.75) is 41.2 Å². The predicted octanol–water partition coefficient (Wildman–Crippen LogP) is 4.09. The molecule has 0 saturated heterocycles. The molecule has 0 radical (unpaired) electrons. The summed E-state index contributed by atoms with van der Waals surface area (Å²) in [5.41, 5.74) is 3.72. The van der Waals surface area contributed by atoms with Gasteiger partial charge in [0, 0.05) is 12.1 Å². The van der Waals surface area contributed by atoms with E-state index in [0.717, 1.165) is 18.8 Å². The summed E-state index contributed by atoms with van der Waals surface area (Å²) in [6, 6.07) is 6.33. The fraction of sp³-hybridized carbons (Fsp3) is 0.529. The zero-order chi connectivity index (χ0) is 14.3. The van der Waals surface area contributed by atoms with E-state index in [-0.39, 0.29) is 0 Å². The molecule has 0 amide bonds. The number of ether oxygens (including phenoxy) is 1. The number of aryl methyl sites for hydroxylation is 1. The lowest BCUT2D eigenvalue weighted by molar-refractivity contribution is 0.353. The molecule has 0 aliphatic heterocycles. The van der Waals surface area contributed by atoms with Gasteiger partial charge in [0.1, 0.15) is 12.4 Å². The Bertz CT molecular complexity index is 417. The molecule has 0 bridgehead atoms. The van der Waals surface area contributed by atoms with Gasteiger partial charge in [-0.15, -0.1) is 0 Å². The first-order valence-electron chi connectivity index (χ1n) is 7.06. The molecule has 0 aromatic heterocycles. The lowest BCUT2D eigenvalue weighted by Gasteiger charge is -2.14. The van der Waals surface area contributed by atoms with Gasteiger partial charge in [-0.05, 0) is 44.9 Å². The Morgan fingerprint density at radius 2 is 2.05 bits per heavy atom. The van der Waals surface area contributed by atoms with Crippen LogP contribution in [0.2, 0.25) is 0 Å². The number of hydrogen-bond donors (Lipinski definition) is 1. The molecule has 0 atom stereocenters. The molecular weight excluding hydrogens is 234 g/mol. The van der Waals surface area contributed by atoms with Gasteiger partial charge >= 0.3 is 0 Å². The number of benzene rings is 1. The molecule has 0 saturated carbocycles. The highest BCUT2D eigenvalue weighted by Crippen LogP contribution is 2.23. The van der Waals surface area contributed by atoms with Crippen LogP contribution in [0.3, 0.4) is 0 Å². The van der Waals surface area contributed by atoms with E-state index in [4.69, 9.17) is 4.74 Å². The average Bonchev–Trinajstić information content (AvgIpc) is 2.31.